The topological polar surface area (TPSA) is 29.3 Å². The molecular formula is C14H22N2. The first-order chi connectivity index (χ1) is 7.57. The van der Waals surface area contributed by atoms with Gasteiger partial charge in [-0.2, -0.15) is 0 Å². The van der Waals surface area contributed by atoms with E-state index in [0.29, 0.717) is 5.41 Å². The van der Waals surface area contributed by atoms with E-state index < -0.39 is 0 Å². The zero-order valence-electron chi connectivity index (χ0n) is 10.4. The fourth-order valence-electron chi connectivity index (χ4n) is 2.40. The van der Waals surface area contributed by atoms with Gasteiger partial charge in [-0.3, -0.25) is 0 Å². The van der Waals surface area contributed by atoms with Gasteiger partial charge >= 0.3 is 0 Å². The molecular weight excluding hydrogens is 196 g/mol. The summed E-state index contributed by atoms with van der Waals surface area (Å²) >= 11 is 0. The number of nitrogens with two attached hydrogens (primary N) is 1. The third-order valence-electron chi connectivity index (χ3n) is 3.58. The second kappa shape index (κ2) is 4.36. The maximum atomic E-state index is 5.83. The molecule has 1 aromatic rings. The van der Waals surface area contributed by atoms with Crippen molar-refractivity contribution in [2.45, 2.75) is 33.1 Å². The summed E-state index contributed by atoms with van der Waals surface area (Å²) in [5.74, 6) is 0. The normalized spacial score (nSPS) is 20.5. The summed E-state index contributed by atoms with van der Waals surface area (Å²) in [5.41, 5.74) is 8.46. The zero-order valence-corrected chi connectivity index (χ0v) is 10.4. The number of nitrogen functional groups attached to an aromatic ring is 1. The summed E-state index contributed by atoms with van der Waals surface area (Å²) in [6, 6.07) is 8.24. The molecule has 0 spiro atoms. The van der Waals surface area contributed by atoms with Crippen molar-refractivity contribution in [3.05, 3.63) is 24.3 Å². The minimum atomic E-state index is 0.495. The fourth-order valence-corrected chi connectivity index (χ4v) is 2.40. The Balaban J connectivity index is 2.11. The molecule has 88 valence electrons. The van der Waals surface area contributed by atoms with Crippen LogP contribution in [0.15, 0.2) is 24.3 Å². The van der Waals surface area contributed by atoms with Crippen LogP contribution in [0, 0.1) is 5.41 Å². The average molecular weight is 218 g/mol. The maximum Gasteiger partial charge on any atom is 0.0386 e. The van der Waals surface area contributed by atoms with Gasteiger partial charge in [-0.25, -0.2) is 0 Å². The summed E-state index contributed by atoms with van der Waals surface area (Å²) in [7, 11) is 0. The van der Waals surface area contributed by atoms with Crippen molar-refractivity contribution in [3.8, 4) is 0 Å². The van der Waals surface area contributed by atoms with Crippen LogP contribution in [-0.2, 0) is 0 Å². The van der Waals surface area contributed by atoms with Gasteiger partial charge in [0.1, 0.15) is 0 Å². The van der Waals surface area contributed by atoms with Crippen molar-refractivity contribution in [1.82, 2.24) is 0 Å². The molecule has 2 heteroatoms. The van der Waals surface area contributed by atoms with Crippen molar-refractivity contribution in [2.75, 3.05) is 23.7 Å². The van der Waals surface area contributed by atoms with Crippen molar-refractivity contribution in [2.24, 2.45) is 5.41 Å². The highest BCUT2D eigenvalue weighted by molar-refractivity contribution is 5.55. The van der Waals surface area contributed by atoms with E-state index in [1.54, 1.807) is 0 Å². The van der Waals surface area contributed by atoms with Gasteiger partial charge in [-0.05, 0) is 42.9 Å². The predicted molar refractivity (Wildman–Crippen MR) is 70.7 cm³/mol. The van der Waals surface area contributed by atoms with Crippen molar-refractivity contribution in [3.63, 3.8) is 0 Å². The zero-order chi connectivity index (χ0) is 11.6. The Morgan fingerprint density at radius 1 is 1.19 bits per heavy atom. The predicted octanol–water partition coefficient (Wildman–Crippen LogP) is 3.29. The molecule has 0 aromatic heterocycles. The second-order valence-electron chi connectivity index (χ2n) is 5.60. The first-order valence-electron chi connectivity index (χ1n) is 6.17. The van der Waals surface area contributed by atoms with Crippen LogP contribution in [-0.4, -0.2) is 13.1 Å². The third-order valence-corrected chi connectivity index (χ3v) is 3.58. The Labute approximate surface area is 98.4 Å². The van der Waals surface area contributed by atoms with Crippen LogP contribution in [0.3, 0.4) is 0 Å². The van der Waals surface area contributed by atoms with E-state index in [2.05, 4.69) is 30.9 Å². The molecule has 1 fully saturated rings. The minimum absolute atomic E-state index is 0.495. The summed E-state index contributed by atoms with van der Waals surface area (Å²) in [5, 5.41) is 0. The monoisotopic (exact) mass is 218 g/mol. The van der Waals surface area contributed by atoms with Crippen LogP contribution < -0.4 is 10.6 Å². The van der Waals surface area contributed by atoms with E-state index in [0.717, 1.165) is 18.8 Å². The molecule has 0 bridgehead atoms. The molecule has 1 aliphatic rings. The molecule has 1 saturated heterocycles. The summed E-state index contributed by atoms with van der Waals surface area (Å²) in [6.07, 6.45) is 3.87. The largest absolute Gasteiger partial charge is 0.399 e. The molecule has 1 aliphatic heterocycles. The van der Waals surface area contributed by atoms with Crippen LogP contribution in [0.2, 0.25) is 0 Å². The highest BCUT2D eigenvalue weighted by Gasteiger charge is 2.22. The van der Waals surface area contributed by atoms with Gasteiger partial charge in [0, 0.05) is 24.5 Å². The number of hydrogen-bond donors (Lipinski definition) is 1. The lowest BCUT2D eigenvalue weighted by Crippen LogP contribution is -2.24. The number of hydrogen-bond acceptors (Lipinski definition) is 2. The Morgan fingerprint density at radius 2 is 2.00 bits per heavy atom. The molecule has 2 N–H and O–H groups in total. The van der Waals surface area contributed by atoms with Gasteiger partial charge < -0.3 is 10.6 Å². The molecule has 1 aromatic carbocycles. The highest BCUT2D eigenvalue weighted by atomic mass is 15.1. The standard InChI is InChI=1S/C14H22N2/c1-14(2)7-4-9-16(10-8-14)13-6-3-5-12(15)11-13/h3,5-6,11H,4,7-10,15H2,1-2H3. The Morgan fingerprint density at radius 3 is 2.75 bits per heavy atom. The van der Waals surface area contributed by atoms with E-state index in [1.807, 2.05) is 12.1 Å². The van der Waals surface area contributed by atoms with Crippen molar-refractivity contribution >= 4 is 11.4 Å². The van der Waals surface area contributed by atoms with Crippen LogP contribution in [0.5, 0.6) is 0 Å². The van der Waals surface area contributed by atoms with Crippen LogP contribution >= 0.6 is 0 Å². The van der Waals surface area contributed by atoms with Gasteiger partial charge in [-0.1, -0.05) is 19.9 Å². The minimum Gasteiger partial charge on any atom is -0.399 e. The number of benzene rings is 1. The third kappa shape index (κ3) is 2.69. The van der Waals surface area contributed by atoms with Gasteiger partial charge in [0.25, 0.3) is 0 Å². The van der Waals surface area contributed by atoms with E-state index in [1.165, 1.54) is 24.9 Å². The Hall–Kier alpha value is -1.18. The number of nitrogens with zero attached hydrogens (tertiary/aromatic N) is 1. The Bertz CT molecular complexity index is 358. The van der Waals surface area contributed by atoms with Crippen molar-refractivity contribution < 1.29 is 0 Å². The molecule has 0 radical (unpaired) electrons. The Kier molecular flexibility index (Phi) is 3.08. The molecule has 1 heterocycles. The summed E-state index contributed by atoms with van der Waals surface area (Å²) in [6.45, 7) is 7.05. The summed E-state index contributed by atoms with van der Waals surface area (Å²) < 4.78 is 0. The fraction of sp³-hybridized carbons (Fsp3) is 0.571. The molecule has 0 atom stereocenters. The van der Waals surface area contributed by atoms with E-state index >= 15 is 0 Å². The van der Waals surface area contributed by atoms with Gasteiger partial charge in [-0.15, -0.1) is 0 Å². The average Bonchev–Trinajstić information content (AvgIpc) is 2.39. The summed E-state index contributed by atoms with van der Waals surface area (Å²) in [4.78, 5) is 2.46. The highest BCUT2D eigenvalue weighted by Crippen LogP contribution is 2.31. The van der Waals surface area contributed by atoms with E-state index in [9.17, 15) is 0 Å². The first kappa shape index (κ1) is 11.3. The maximum absolute atomic E-state index is 5.83. The van der Waals surface area contributed by atoms with E-state index in [-0.39, 0.29) is 0 Å². The van der Waals surface area contributed by atoms with Gasteiger partial charge in [0.15, 0.2) is 0 Å². The van der Waals surface area contributed by atoms with Gasteiger partial charge in [0.2, 0.25) is 0 Å². The molecule has 16 heavy (non-hydrogen) atoms. The molecule has 0 amide bonds. The molecule has 2 nitrogen and oxygen atoms in total. The second-order valence-corrected chi connectivity index (χ2v) is 5.60. The smallest absolute Gasteiger partial charge is 0.0386 e. The van der Waals surface area contributed by atoms with Gasteiger partial charge in [0.05, 0.1) is 0 Å². The van der Waals surface area contributed by atoms with Crippen LogP contribution in [0.4, 0.5) is 11.4 Å². The molecule has 2 rings (SSSR count). The molecule has 0 aliphatic carbocycles. The quantitative estimate of drug-likeness (QED) is 0.733. The lowest BCUT2D eigenvalue weighted by Gasteiger charge is -2.25. The first-order valence-corrected chi connectivity index (χ1v) is 6.17. The number of anilines is 2. The SMILES string of the molecule is CC1(C)CCCN(c2cccc(N)c2)CC1. The van der Waals surface area contributed by atoms with Crippen molar-refractivity contribution in [1.29, 1.82) is 0 Å². The number of rotatable bonds is 1. The lowest BCUT2D eigenvalue weighted by atomic mass is 9.85. The lowest BCUT2D eigenvalue weighted by molar-refractivity contribution is 0.325. The van der Waals surface area contributed by atoms with Crippen LogP contribution in [0.1, 0.15) is 33.1 Å². The molecule has 0 saturated carbocycles. The molecule has 0 unspecified atom stereocenters. The van der Waals surface area contributed by atoms with E-state index in [4.69, 9.17) is 5.73 Å². The van der Waals surface area contributed by atoms with Crippen LogP contribution in [0.25, 0.3) is 0 Å².